The van der Waals surface area contributed by atoms with Gasteiger partial charge in [-0.2, -0.15) is 0 Å². The zero-order valence-corrected chi connectivity index (χ0v) is 17.5. The van der Waals surface area contributed by atoms with Crippen LogP contribution in [0.3, 0.4) is 0 Å². The number of anilines is 1. The lowest BCUT2D eigenvalue weighted by atomic mass is 10.2. The number of thiazole rings is 1. The molecule has 1 aromatic carbocycles. The summed E-state index contributed by atoms with van der Waals surface area (Å²) in [5.74, 6) is 0.764. The van der Waals surface area contributed by atoms with Crippen LogP contribution in [0, 0.1) is 6.92 Å². The third kappa shape index (κ3) is 4.76. The third-order valence-electron chi connectivity index (χ3n) is 5.36. The van der Waals surface area contributed by atoms with Gasteiger partial charge in [0.2, 0.25) is 11.8 Å². The molecule has 2 aliphatic rings. The van der Waals surface area contributed by atoms with E-state index >= 15 is 0 Å². The van der Waals surface area contributed by atoms with Crippen LogP contribution >= 0.6 is 11.3 Å². The Morgan fingerprint density at radius 2 is 1.83 bits per heavy atom. The van der Waals surface area contributed by atoms with Gasteiger partial charge in [0.25, 0.3) is 0 Å². The second-order valence-corrected chi connectivity index (χ2v) is 8.44. The Kier molecular flexibility index (Phi) is 6.10. The Bertz CT molecular complexity index is 876. The fraction of sp³-hybridized carbons (Fsp3) is 0.476. The topological polar surface area (TPSA) is 66.0 Å². The predicted molar refractivity (Wildman–Crippen MR) is 112 cm³/mol. The largest absolute Gasteiger partial charge is 0.490 e. The number of aryl methyl sites for hydroxylation is 1. The van der Waals surface area contributed by atoms with Crippen molar-refractivity contribution in [3.8, 4) is 5.75 Å². The van der Waals surface area contributed by atoms with Crippen molar-refractivity contribution in [2.45, 2.75) is 26.3 Å². The summed E-state index contributed by atoms with van der Waals surface area (Å²) in [7, 11) is 0. The van der Waals surface area contributed by atoms with Crippen LogP contribution in [0.2, 0.25) is 0 Å². The minimum Gasteiger partial charge on any atom is -0.490 e. The van der Waals surface area contributed by atoms with Gasteiger partial charge in [-0.1, -0.05) is 12.1 Å². The van der Waals surface area contributed by atoms with Crippen LogP contribution in [-0.2, 0) is 16.1 Å². The molecule has 8 heteroatoms. The summed E-state index contributed by atoms with van der Waals surface area (Å²) in [4.78, 5) is 35.7. The zero-order valence-electron chi connectivity index (χ0n) is 16.7. The Morgan fingerprint density at radius 3 is 2.59 bits per heavy atom. The number of para-hydroxylation sites is 2. The van der Waals surface area contributed by atoms with E-state index in [-0.39, 0.29) is 24.7 Å². The molecule has 2 amide bonds. The Balaban J connectivity index is 1.24. The summed E-state index contributed by atoms with van der Waals surface area (Å²) in [6, 6.07) is 7.54. The van der Waals surface area contributed by atoms with Gasteiger partial charge in [-0.15, -0.1) is 11.3 Å². The molecule has 1 aromatic heterocycles. The van der Waals surface area contributed by atoms with Gasteiger partial charge in [0.1, 0.15) is 12.4 Å². The molecule has 0 saturated carbocycles. The number of fused-ring (bicyclic) bond motifs is 1. The highest BCUT2D eigenvalue weighted by Gasteiger charge is 2.26. The summed E-state index contributed by atoms with van der Waals surface area (Å²) < 4.78 is 5.60. The molecule has 1 saturated heterocycles. The van der Waals surface area contributed by atoms with Gasteiger partial charge in [-0.3, -0.25) is 14.5 Å². The summed E-state index contributed by atoms with van der Waals surface area (Å²) in [5, 5.41) is 3.18. The van der Waals surface area contributed by atoms with Crippen LogP contribution in [0.25, 0.3) is 0 Å². The highest BCUT2D eigenvalue weighted by Crippen LogP contribution is 2.31. The van der Waals surface area contributed by atoms with Crippen LogP contribution in [0.5, 0.6) is 5.75 Å². The van der Waals surface area contributed by atoms with E-state index in [0.717, 1.165) is 41.8 Å². The summed E-state index contributed by atoms with van der Waals surface area (Å²) in [5.41, 5.74) is 1.89. The number of carbonyl (C=O) groups excluding carboxylic acids is 2. The van der Waals surface area contributed by atoms with Crippen molar-refractivity contribution in [1.82, 2.24) is 14.8 Å². The Morgan fingerprint density at radius 1 is 1.07 bits per heavy atom. The lowest BCUT2D eigenvalue weighted by Crippen LogP contribution is -2.48. The summed E-state index contributed by atoms with van der Waals surface area (Å²) >= 11 is 1.67. The minimum atomic E-state index is -0.0216. The molecule has 0 N–H and O–H groups in total. The van der Waals surface area contributed by atoms with Crippen molar-refractivity contribution >= 4 is 28.8 Å². The molecule has 29 heavy (non-hydrogen) atoms. The van der Waals surface area contributed by atoms with E-state index in [1.165, 1.54) is 0 Å². The number of rotatable bonds is 5. The van der Waals surface area contributed by atoms with Gasteiger partial charge < -0.3 is 14.5 Å². The lowest BCUT2D eigenvalue weighted by Gasteiger charge is -2.34. The molecular weight excluding hydrogens is 388 g/mol. The highest BCUT2D eigenvalue weighted by atomic mass is 32.1. The number of carbonyl (C=O) groups is 2. The van der Waals surface area contributed by atoms with E-state index in [1.807, 2.05) is 36.1 Å². The number of nitrogens with zero attached hydrogens (tertiary/aromatic N) is 4. The molecule has 3 heterocycles. The van der Waals surface area contributed by atoms with Crippen molar-refractivity contribution in [2.75, 3.05) is 44.2 Å². The SMILES string of the molecule is Cc1nc(CN2CCN(C(=O)CCC(=O)N3CCOc4ccccc43)CC2)cs1. The van der Waals surface area contributed by atoms with Crippen LogP contribution in [-0.4, -0.2) is 65.9 Å². The number of piperazine rings is 1. The molecule has 0 bridgehead atoms. The van der Waals surface area contributed by atoms with Gasteiger partial charge in [-0.05, 0) is 19.1 Å². The van der Waals surface area contributed by atoms with E-state index in [1.54, 1.807) is 16.2 Å². The van der Waals surface area contributed by atoms with Crippen molar-refractivity contribution in [3.05, 3.63) is 40.3 Å². The first-order chi connectivity index (χ1) is 14.1. The average molecular weight is 415 g/mol. The van der Waals surface area contributed by atoms with Crippen molar-refractivity contribution in [2.24, 2.45) is 0 Å². The van der Waals surface area contributed by atoms with Crippen molar-refractivity contribution in [1.29, 1.82) is 0 Å². The van der Waals surface area contributed by atoms with Gasteiger partial charge in [0.15, 0.2) is 0 Å². The maximum absolute atomic E-state index is 12.7. The quantitative estimate of drug-likeness (QED) is 0.751. The molecule has 0 atom stereocenters. The molecule has 0 aliphatic carbocycles. The second kappa shape index (κ2) is 8.92. The molecule has 1 fully saturated rings. The van der Waals surface area contributed by atoms with Gasteiger partial charge >= 0.3 is 0 Å². The Hall–Kier alpha value is -2.45. The lowest BCUT2D eigenvalue weighted by molar-refractivity contribution is -0.134. The van der Waals surface area contributed by atoms with E-state index in [0.29, 0.717) is 26.2 Å². The minimum absolute atomic E-state index is 0.0216. The molecule has 7 nitrogen and oxygen atoms in total. The standard InChI is InChI=1S/C21H26N4O3S/c1-16-22-17(15-29-16)14-23-8-10-24(11-9-23)20(26)6-7-21(27)25-12-13-28-19-5-3-2-4-18(19)25/h2-5,15H,6-14H2,1H3. The number of amides is 2. The average Bonchev–Trinajstić information content (AvgIpc) is 3.16. The third-order valence-corrected chi connectivity index (χ3v) is 6.18. The number of aromatic nitrogens is 1. The van der Waals surface area contributed by atoms with Crippen LogP contribution < -0.4 is 9.64 Å². The first-order valence-corrected chi connectivity index (χ1v) is 10.9. The van der Waals surface area contributed by atoms with Gasteiger partial charge in [0.05, 0.1) is 22.9 Å². The van der Waals surface area contributed by atoms with Crippen molar-refractivity contribution < 1.29 is 14.3 Å². The fourth-order valence-electron chi connectivity index (χ4n) is 3.80. The monoisotopic (exact) mass is 414 g/mol. The summed E-state index contributed by atoms with van der Waals surface area (Å²) in [6.07, 6.45) is 0.481. The van der Waals surface area contributed by atoms with Crippen LogP contribution in [0.15, 0.2) is 29.6 Å². The second-order valence-electron chi connectivity index (χ2n) is 7.38. The number of ether oxygens (including phenoxy) is 1. The maximum Gasteiger partial charge on any atom is 0.227 e. The van der Waals surface area contributed by atoms with Crippen molar-refractivity contribution in [3.63, 3.8) is 0 Å². The fourth-order valence-corrected chi connectivity index (χ4v) is 4.40. The zero-order chi connectivity index (χ0) is 20.2. The number of hydrogen-bond acceptors (Lipinski definition) is 6. The highest BCUT2D eigenvalue weighted by molar-refractivity contribution is 7.09. The Labute approximate surface area is 174 Å². The maximum atomic E-state index is 12.7. The first-order valence-electron chi connectivity index (χ1n) is 10.0. The van der Waals surface area contributed by atoms with E-state index < -0.39 is 0 Å². The molecule has 2 aromatic rings. The van der Waals surface area contributed by atoms with E-state index in [9.17, 15) is 9.59 Å². The normalized spacial score (nSPS) is 17.0. The number of benzene rings is 1. The van der Waals surface area contributed by atoms with Gasteiger partial charge in [0, 0.05) is 50.9 Å². The van der Waals surface area contributed by atoms with Crippen LogP contribution in [0.4, 0.5) is 5.69 Å². The van der Waals surface area contributed by atoms with Crippen LogP contribution in [0.1, 0.15) is 23.5 Å². The molecule has 4 rings (SSSR count). The number of hydrogen-bond donors (Lipinski definition) is 0. The molecule has 2 aliphatic heterocycles. The smallest absolute Gasteiger partial charge is 0.227 e. The molecule has 0 unspecified atom stereocenters. The molecule has 0 radical (unpaired) electrons. The predicted octanol–water partition coefficient (Wildman–Crippen LogP) is 2.30. The van der Waals surface area contributed by atoms with Gasteiger partial charge in [-0.25, -0.2) is 4.98 Å². The van der Waals surface area contributed by atoms with E-state index in [2.05, 4.69) is 15.3 Å². The molecule has 154 valence electrons. The molecule has 0 spiro atoms. The first kappa shape index (κ1) is 19.8. The van der Waals surface area contributed by atoms with E-state index in [4.69, 9.17) is 4.74 Å². The summed E-state index contributed by atoms with van der Waals surface area (Å²) in [6.45, 7) is 6.95. The molecular formula is C21H26N4O3S.